The minimum Gasteiger partial charge on any atom is -0.369 e. The maximum atomic E-state index is 12.9. The number of rotatable bonds is 5. The number of aromatic nitrogens is 2. The molecule has 8 nitrogen and oxygen atoms in total. The summed E-state index contributed by atoms with van der Waals surface area (Å²) in [6, 6.07) is 16.2. The van der Waals surface area contributed by atoms with Crippen LogP contribution in [0.3, 0.4) is 0 Å². The molecule has 3 amide bonds. The van der Waals surface area contributed by atoms with Gasteiger partial charge in [-0.1, -0.05) is 30.3 Å². The van der Waals surface area contributed by atoms with Crippen LogP contribution in [0.4, 0.5) is 5.69 Å². The zero-order valence-corrected chi connectivity index (χ0v) is 17.4. The van der Waals surface area contributed by atoms with Crippen LogP contribution in [0, 0.1) is 5.92 Å². The monoisotopic (exact) mass is 429 g/mol. The molecule has 0 atom stereocenters. The van der Waals surface area contributed by atoms with Gasteiger partial charge in [-0.15, -0.1) is 0 Å². The number of nitrogens with zero attached hydrogens (tertiary/aromatic N) is 3. The lowest BCUT2D eigenvalue weighted by atomic mass is 9.95. The van der Waals surface area contributed by atoms with Gasteiger partial charge in [0.05, 0.1) is 18.1 Å². The van der Waals surface area contributed by atoms with E-state index in [2.05, 4.69) is 15.3 Å². The van der Waals surface area contributed by atoms with Crippen LogP contribution in [0.5, 0.6) is 0 Å². The number of carbonyl (C=O) groups excluding carboxylic acids is 3. The number of primary amides is 1. The molecule has 1 fully saturated rings. The minimum atomic E-state index is -0.366. The standard InChI is InChI=1S/C24H23N5O3/c25-22(30)16-9-11-29(12-10-16)24(32)18-6-4-5-17(13-18)20-14-26-15-21(28-20)23(31)27-19-7-2-1-3-8-19/h1-8,13-16H,9-12H2,(H2,25,30)(H,27,31). The van der Waals surface area contributed by atoms with Crippen molar-refractivity contribution in [3.8, 4) is 11.3 Å². The van der Waals surface area contributed by atoms with Gasteiger partial charge in [0, 0.05) is 35.8 Å². The molecule has 32 heavy (non-hydrogen) atoms. The Hall–Kier alpha value is -4.07. The normalized spacial score (nSPS) is 14.1. The van der Waals surface area contributed by atoms with Crippen LogP contribution in [-0.2, 0) is 4.79 Å². The summed E-state index contributed by atoms with van der Waals surface area (Å²) in [6.45, 7) is 0.983. The number of likely N-dealkylation sites (tertiary alicyclic amines) is 1. The highest BCUT2D eigenvalue weighted by Gasteiger charge is 2.26. The van der Waals surface area contributed by atoms with Crippen LogP contribution in [0.2, 0.25) is 0 Å². The first-order valence-corrected chi connectivity index (χ1v) is 10.4. The highest BCUT2D eigenvalue weighted by molar-refractivity contribution is 6.03. The molecule has 1 saturated heterocycles. The van der Waals surface area contributed by atoms with Gasteiger partial charge in [0.2, 0.25) is 5.91 Å². The maximum absolute atomic E-state index is 12.9. The second-order valence-corrected chi connectivity index (χ2v) is 7.66. The third kappa shape index (κ3) is 4.80. The summed E-state index contributed by atoms with van der Waals surface area (Å²) >= 11 is 0. The number of anilines is 1. The molecule has 0 saturated carbocycles. The van der Waals surface area contributed by atoms with Gasteiger partial charge in [-0.3, -0.25) is 19.4 Å². The van der Waals surface area contributed by atoms with E-state index < -0.39 is 0 Å². The largest absolute Gasteiger partial charge is 0.369 e. The average Bonchev–Trinajstić information content (AvgIpc) is 2.84. The first-order valence-electron chi connectivity index (χ1n) is 10.4. The first-order chi connectivity index (χ1) is 15.5. The van der Waals surface area contributed by atoms with Crippen molar-refractivity contribution in [3.63, 3.8) is 0 Å². The van der Waals surface area contributed by atoms with Crippen molar-refractivity contribution in [2.24, 2.45) is 11.7 Å². The van der Waals surface area contributed by atoms with Crippen molar-refractivity contribution in [2.45, 2.75) is 12.8 Å². The van der Waals surface area contributed by atoms with E-state index in [-0.39, 0.29) is 29.3 Å². The molecule has 0 aliphatic carbocycles. The Morgan fingerprint density at radius 1 is 0.969 bits per heavy atom. The van der Waals surface area contributed by atoms with Crippen LogP contribution >= 0.6 is 0 Å². The molecular formula is C24H23N5O3. The SMILES string of the molecule is NC(=O)C1CCN(C(=O)c2cccc(-c3cncc(C(=O)Nc4ccccc4)n3)c2)CC1. The summed E-state index contributed by atoms with van der Waals surface area (Å²) in [6.07, 6.45) is 4.11. The molecule has 0 bridgehead atoms. The van der Waals surface area contributed by atoms with E-state index in [9.17, 15) is 14.4 Å². The predicted octanol–water partition coefficient (Wildman–Crippen LogP) is 2.73. The fourth-order valence-electron chi connectivity index (χ4n) is 3.69. The van der Waals surface area contributed by atoms with Crippen molar-refractivity contribution >= 4 is 23.4 Å². The van der Waals surface area contributed by atoms with Gasteiger partial charge in [-0.05, 0) is 37.1 Å². The van der Waals surface area contributed by atoms with Gasteiger partial charge in [0.15, 0.2) is 0 Å². The molecule has 0 radical (unpaired) electrons. The quantitative estimate of drug-likeness (QED) is 0.646. The van der Waals surface area contributed by atoms with Gasteiger partial charge < -0.3 is 16.0 Å². The van der Waals surface area contributed by atoms with E-state index in [0.29, 0.717) is 48.4 Å². The molecule has 1 aromatic heterocycles. The molecule has 4 rings (SSSR count). The van der Waals surface area contributed by atoms with Crippen molar-refractivity contribution in [1.29, 1.82) is 0 Å². The number of piperidine rings is 1. The van der Waals surface area contributed by atoms with Gasteiger partial charge in [-0.25, -0.2) is 4.98 Å². The summed E-state index contributed by atoms with van der Waals surface area (Å²) in [5.74, 6) is -0.963. The molecular weight excluding hydrogens is 406 g/mol. The van der Waals surface area contributed by atoms with E-state index in [1.54, 1.807) is 41.4 Å². The number of nitrogens with two attached hydrogens (primary N) is 1. The second kappa shape index (κ2) is 9.38. The van der Waals surface area contributed by atoms with Crippen molar-refractivity contribution in [2.75, 3.05) is 18.4 Å². The molecule has 8 heteroatoms. The fourth-order valence-corrected chi connectivity index (χ4v) is 3.69. The van der Waals surface area contributed by atoms with E-state index in [1.807, 2.05) is 24.3 Å². The Bertz CT molecular complexity index is 1140. The zero-order chi connectivity index (χ0) is 22.5. The molecule has 162 valence electrons. The summed E-state index contributed by atoms with van der Waals surface area (Å²) in [7, 11) is 0. The average molecular weight is 429 g/mol. The molecule has 3 aromatic rings. The first kappa shape index (κ1) is 21.2. The van der Waals surface area contributed by atoms with Crippen molar-refractivity contribution in [3.05, 3.63) is 78.2 Å². The summed E-state index contributed by atoms with van der Waals surface area (Å²) in [5.41, 5.74) is 7.91. The Morgan fingerprint density at radius 3 is 2.44 bits per heavy atom. The molecule has 2 aromatic carbocycles. The van der Waals surface area contributed by atoms with Gasteiger partial charge in [0.25, 0.3) is 11.8 Å². The van der Waals surface area contributed by atoms with Gasteiger partial charge in [-0.2, -0.15) is 0 Å². The number of amides is 3. The number of nitrogens with one attached hydrogen (secondary N) is 1. The predicted molar refractivity (Wildman–Crippen MR) is 120 cm³/mol. The Morgan fingerprint density at radius 2 is 1.72 bits per heavy atom. The lowest BCUT2D eigenvalue weighted by Crippen LogP contribution is -2.41. The topological polar surface area (TPSA) is 118 Å². The number of carbonyl (C=O) groups is 3. The number of para-hydroxylation sites is 1. The van der Waals surface area contributed by atoms with Crippen LogP contribution in [0.25, 0.3) is 11.3 Å². The minimum absolute atomic E-state index is 0.110. The number of benzene rings is 2. The maximum Gasteiger partial charge on any atom is 0.275 e. The Balaban J connectivity index is 1.50. The molecule has 3 N–H and O–H groups in total. The Kier molecular flexibility index (Phi) is 6.21. The molecule has 0 spiro atoms. The highest BCUT2D eigenvalue weighted by atomic mass is 16.2. The molecule has 2 heterocycles. The third-order valence-electron chi connectivity index (χ3n) is 5.49. The summed E-state index contributed by atoms with van der Waals surface area (Å²) < 4.78 is 0. The zero-order valence-electron chi connectivity index (χ0n) is 17.4. The van der Waals surface area contributed by atoms with Crippen molar-refractivity contribution < 1.29 is 14.4 Å². The smallest absolute Gasteiger partial charge is 0.275 e. The third-order valence-corrected chi connectivity index (χ3v) is 5.49. The summed E-state index contributed by atoms with van der Waals surface area (Å²) in [4.78, 5) is 47.2. The van der Waals surface area contributed by atoms with Crippen LogP contribution in [0.15, 0.2) is 67.0 Å². The lowest BCUT2D eigenvalue weighted by Gasteiger charge is -2.30. The van der Waals surface area contributed by atoms with E-state index in [0.717, 1.165) is 0 Å². The van der Waals surface area contributed by atoms with Gasteiger partial charge in [0.1, 0.15) is 5.69 Å². The second-order valence-electron chi connectivity index (χ2n) is 7.66. The summed E-state index contributed by atoms with van der Waals surface area (Å²) in [5, 5.41) is 2.79. The van der Waals surface area contributed by atoms with Crippen molar-refractivity contribution in [1.82, 2.24) is 14.9 Å². The van der Waals surface area contributed by atoms with Crippen LogP contribution in [-0.4, -0.2) is 45.7 Å². The molecule has 1 aliphatic heterocycles. The van der Waals surface area contributed by atoms with E-state index >= 15 is 0 Å². The van der Waals surface area contributed by atoms with Crippen LogP contribution in [0.1, 0.15) is 33.7 Å². The molecule has 0 unspecified atom stereocenters. The van der Waals surface area contributed by atoms with Gasteiger partial charge >= 0.3 is 0 Å². The number of hydrogen-bond donors (Lipinski definition) is 2. The molecule has 1 aliphatic rings. The number of hydrogen-bond acceptors (Lipinski definition) is 5. The van der Waals surface area contributed by atoms with Crippen LogP contribution < -0.4 is 11.1 Å². The fraction of sp³-hybridized carbons (Fsp3) is 0.208. The highest BCUT2D eigenvalue weighted by Crippen LogP contribution is 2.22. The van der Waals surface area contributed by atoms with E-state index in [1.165, 1.54) is 6.20 Å². The lowest BCUT2D eigenvalue weighted by molar-refractivity contribution is -0.123. The van der Waals surface area contributed by atoms with E-state index in [4.69, 9.17) is 5.73 Å². The Labute approximate surface area is 185 Å².